The summed E-state index contributed by atoms with van der Waals surface area (Å²) < 4.78 is 45.0. The lowest BCUT2D eigenvalue weighted by Gasteiger charge is -2.39. The smallest absolute Gasteiger partial charge is 0.283 e. The average molecular weight is 727 g/mol. The summed E-state index contributed by atoms with van der Waals surface area (Å²) >= 11 is 6.19. The van der Waals surface area contributed by atoms with E-state index < -0.39 is 21.7 Å². The van der Waals surface area contributed by atoms with Crippen LogP contribution in [0.1, 0.15) is 49.2 Å². The van der Waals surface area contributed by atoms with Crippen molar-refractivity contribution in [2.75, 3.05) is 37.6 Å². The second kappa shape index (κ2) is 13.9. The molecular weight excluding hydrogens is 687 g/mol. The number of pyridine rings is 1. The van der Waals surface area contributed by atoms with Crippen LogP contribution in [0.5, 0.6) is 0 Å². The third-order valence-corrected chi connectivity index (χ3v) is 11.6. The lowest BCUT2D eigenvalue weighted by atomic mass is 9.72. The maximum Gasteiger partial charge on any atom is 0.283 e. The predicted molar refractivity (Wildman–Crippen MR) is 200 cm³/mol. The van der Waals surface area contributed by atoms with Crippen LogP contribution in [0.25, 0.3) is 27.7 Å². The van der Waals surface area contributed by atoms with Gasteiger partial charge in [0.2, 0.25) is 0 Å². The van der Waals surface area contributed by atoms with Gasteiger partial charge in [-0.25, -0.2) is 22.5 Å². The molecule has 264 valence electrons. The van der Waals surface area contributed by atoms with Crippen LogP contribution in [-0.4, -0.2) is 66.7 Å². The van der Waals surface area contributed by atoms with E-state index in [0.29, 0.717) is 5.56 Å². The number of anilines is 1. The summed E-state index contributed by atoms with van der Waals surface area (Å²) in [6.45, 7) is 9.01. The zero-order chi connectivity index (χ0) is 35.9. The molecule has 5 aromatic rings. The number of nitrogens with one attached hydrogen (secondary N) is 1. The molecule has 3 aromatic carbocycles. The fourth-order valence-electron chi connectivity index (χ4n) is 7.03. The molecule has 3 heterocycles. The van der Waals surface area contributed by atoms with Crippen LogP contribution in [0.4, 0.5) is 10.1 Å². The Morgan fingerprint density at radius 3 is 2.37 bits per heavy atom. The number of halogens is 2. The Balaban J connectivity index is 0.990. The number of fused-ring (bicyclic) bond motifs is 1. The van der Waals surface area contributed by atoms with Gasteiger partial charge < -0.3 is 4.90 Å². The van der Waals surface area contributed by atoms with Crippen molar-refractivity contribution in [3.05, 3.63) is 113 Å². The molecule has 7 rings (SSSR count). The van der Waals surface area contributed by atoms with E-state index in [0.717, 1.165) is 73.2 Å². The molecule has 2 aliphatic rings. The number of aromatic nitrogens is 3. The van der Waals surface area contributed by atoms with Gasteiger partial charge in [0.1, 0.15) is 17.2 Å². The number of carbonyl (C=O) groups is 1. The molecular formula is C39H40ClFN6O3S. The van der Waals surface area contributed by atoms with Crippen LogP contribution in [0.2, 0.25) is 5.02 Å². The molecule has 51 heavy (non-hydrogen) atoms. The summed E-state index contributed by atoms with van der Waals surface area (Å²) in [5.74, 6) is -1.58. The monoisotopic (exact) mass is 726 g/mol. The van der Waals surface area contributed by atoms with Crippen LogP contribution in [0.15, 0.2) is 95.5 Å². The minimum atomic E-state index is -4.22. The number of carbonyl (C=O) groups excluding carboxylic acids is 1. The third kappa shape index (κ3) is 7.56. The third-order valence-electron chi connectivity index (χ3n) is 10.0. The first-order chi connectivity index (χ1) is 24.3. The molecule has 1 aliphatic heterocycles. The Morgan fingerprint density at radius 2 is 1.65 bits per heavy atom. The molecule has 9 nitrogen and oxygen atoms in total. The topological polar surface area (TPSA) is 100 Å². The molecule has 1 aliphatic carbocycles. The number of hydrogen-bond acceptors (Lipinski definition) is 7. The summed E-state index contributed by atoms with van der Waals surface area (Å²) in [5.41, 5.74) is 6.29. The van der Waals surface area contributed by atoms with Crippen LogP contribution < -0.4 is 9.62 Å². The number of aryl methyl sites for hydroxylation is 1. The van der Waals surface area contributed by atoms with Gasteiger partial charge in [0.25, 0.3) is 15.9 Å². The number of allylic oxidation sites excluding steroid dienone is 1. The highest BCUT2D eigenvalue weighted by Crippen LogP contribution is 2.43. The van der Waals surface area contributed by atoms with Crippen molar-refractivity contribution in [2.24, 2.45) is 12.5 Å². The van der Waals surface area contributed by atoms with Crippen LogP contribution in [0.3, 0.4) is 0 Å². The molecule has 0 bridgehead atoms. The largest absolute Gasteiger partial charge is 0.369 e. The minimum absolute atomic E-state index is 0.0517. The lowest BCUT2D eigenvalue weighted by molar-refractivity contribution is 0.0976. The number of amides is 1. The van der Waals surface area contributed by atoms with Gasteiger partial charge >= 0.3 is 0 Å². The standard InChI is InChI=1S/C39H40ClFN6O3S/c1-39(2)17-16-29(33(23-39)26-6-8-30(40)9-7-26)25-46-18-20-47(21-19-46)31-10-12-32(13-11-31)51(49,50)44-38(48)35-15-14-34(41)37(43-35)27-4-5-28-24-42-45(3)36(28)22-27/h4-15,22,24H,16-21,23,25H2,1-3H3,(H,44,48). The van der Waals surface area contributed by atoms with E-state index in [4.69, 9.17) is 11.6 Å². The fourth-order valence-corrected chi connectivity index (χ4v) is 8.12. The van der Waals surface area contributed by atoms with Gasteiger partial charge in [-0.1, -0.05) is 55.3 Å². The van der Waals surface area contributed by atoms with Crippen LogP contribution in [-0.2, 0) is 17.1 Å². The Kier molecular flexibility index (Phi) is 9.47. The van der Waals surface area contributed by atoms with Crippen molar-refractivity contribution in [2.45, 2.75) is 38.0 Å². The van der Waals surface area contributed by atoms with Crippen molar-refractivity contribution in [3.63, 3.8) is 0 Å². The first-order valence-electron chi connectivity index (χ1n) is 17.1. The molecule has 1 N–H and O–H groups in total. The second-order valence-corrected chi connectivity index (χ2v) is 16.3. The van der Waals surface area contributed by atoms with Gasteiger partial charge in [0.05, 0.1) is 16.6 Å². The Morgan fingerprint density at radius 1 is 0.941 bits per heavy atom. The quantitative estimate of drug-likeness (QED) is 0.179. The van der Waals surface area contributed by atoms with Gasteiger partial charge in [-0.05, 0) is 90.4 Å². The molecule has 0 unspecified atom stereocenters. The number of piperazine rings is 1. The average Bonchev–Trinajstić information content (AvgIpc) is 3.49. The van der Waals surface area contributed by atoms with Crippen molar-refractivity contribution in [3.8, 4) is 11.3 Å². The van der Waals surface area contributed by atoms with Gasteiger partial charge in [-0.15, -0.1) is 0 Å². The van der Waals surface area contributed by atoms with E-state index >= 15 is 0 Å². The van der Waals surface area contributed by atoms with Crippen molar-refractivity contribution >= 4 is 49.7 Å². The molecule has 1 amide bonds. The Labute approximate surface area is 302 Å². The number of sulfonamides is 1. The van der Waals surface area contributed by atoms with Crippen molar-refractivity contribution in [1.29, 1.82) is 0 Å². The molecule has 12 heteroatoms. The fraction of sp³-hybridized carbons (Fsp3) is 0.308. The summed E-state index contributed by atoms with van der Waals surface area (Å²) in [7, 11) is -2.45. The van der Waals surface area contributed by atoms with E-state index in [1.807, 2.05) is 12.1 Å². The second-order valence-electron chi connectivity index (χ2n) is 14.2. The lowest BCUT2D eigenvalue weighted by Crippen LogP contribution is -2.47. The highest BCUT2D eigenvalue weighted by molar-refractivity contribution is 7.90. The number of rotatable bonds is 8. The zero-order valence-electron chi connectivity index (χ0n) is 28.9. The van der Waals surface area contributed by atoms with Gasteiger partial charge in [0, 0.05) is 61.4 Å². The van der Waals surface area contributed by atoms with E-state index in [1.54, 1.807) is 48.3 Å². The molecule has 2 aromatic heterocycles. The number of nitrogens with zero attached hydrogens (tertiary/aromatic N) is 5. The van der Waals surface area contributed by atoms with Crippen LogP contribution in [0, 0.1) is 11.2 Å². The molecule has 0 atom stereocenters. The van der Waals surface area contributed by atoms with Crippen LogP contribution >= 0.6 is 11.6 Å². The molecule has 0 saturated carbocycles. The summed E-state index contributed by atoms with van der Waals surface area (Å²) in [6.07, 6.45) is 4.99. The Hall–Kier alpha value is -4.58. The SMILES string of the molecule is Cn1ncc2ccc(-c3nc(C(=O)NS(=O)(=O)c4ccc(N5CCN(CC6=C(c7ccc(Cl)cc7)CC(C)(C)CC6)CC5)cc4)ccc3F)cc21. The first kappa shape index (κ1) is 34.9. The molecule has 0 spiro atoms. The van der Waals surface area contributed by atoms with Gasteiger partial charge in [-0.3, -0.25) is 14.4 Å². The highest BCUT2D eigenvalue weighted by atomic mass is 35.5. The van der Waals surface area contributed by atoms with E-state index in [1.165, 1.54) is 41.3 Å². The predicted octanol–water partition coefficient (Wildman–Crippen LogP) is 7.33. The number of benzene rings is 3. The number of hydrogen-bond donors (Lipinski definition) is 1. The summed E-state index contributed by atoms with van der Waals surface area (Å²) in [6, 6.07) is 22.2. The summed E-state index contributed by atoms with van der Waals surface area (Å²) in [5, 5.41) is 5.82. The Bertz CT molecular complexity index is 2240. The molecule has 0 radical (unpaired) electrons. The van der Waals surface area contributed by atoms with E-state index in [2.05, 4.69) is 50.6 Å². The van der Waals surface area contributed by atoms with Gasteiger partial charge in [-0.2, -0.15) is 5.10 Å². The zero-order valence-corrected chi connectivity index (χ0v) is 30.4. The van der Waals surface area contributed by atoms with Gasteiger partial charge in [0.15, 0.2) is 0 Å². The highest BCUT2D eigenvalue weighted by Gasteiger charge is 2.29. The van der Waals surface area contributed by atoms with E-state index in [-0.39, 0.29) is 21.7 Å². The maximum absolute atomic E-state index is 14.8. The normalized spacial score (nSPS) is 16.8. The van der Waals surface area contributed by atoms with E-state index in [9.17, 15) is 17.6 Å². The molecule has 1 saturated heterocycles. The minimum Gasteiger partial charge on any atom is -0.369 e. The molecule has 1 fully saturated rings. The maximum atomic E-state index is 14.8. The van der Waals surface area contributed by atoms with Crippen molar-refractivity contribution in [1.82, 2.24) is 24.4 Å². The van der Waals surface area contributed by atoms with Crippen molar-refractivity contribution < 1.29 is 17.6 Å². The summed E-state index contributed by atoms with van der Waals surface area (Å²) in [4.78, 5) is 22.0. The first-order valence-corrected chi connectivity index (χ1v) is 18.9.